The van der Waals surface area contributed by atoms with E-state index in [1.54, 1.807) is 6.08 Å². The Morgan fingerprint density at radius 3 is 2.53 bits per heavy atom. The van der Waals surface area contributed by atoms with E-state index in [1.807, 2.05) is 72.8 Å². The Morgan fingerprint density at radius 1 is 1.00 bits per heavy atom. The van der Waals surface area contributed by atoms with Gasteiger partial charge in [0.25, 0.3) is 5.91 Å². The minimum Gasteiger partial charge on any atom is -0.352 e. The SMILES string of the molecule is C=CCNC(=O)CSc1nc(-c2ccccc2)c(NC(=O)c2ccc3ccccc3c2)s1. The molecule has 32 heavy (non-hydrogen) atoms. The average Bonchev–Trinajstić information content (AvgIpc) is 3.24. The third kappa shape index (κ3) is 5.25. The highest BCUT2D eigenvalue weighted by molar-refractivity contribution is 8.01. The molecule has 0 spiro atoms. The Morgan fingerprint density at radius 2 is 1.75 bits per heavy atom. The topological polar surface area (TPSA) is 71.1 Å². The Kier molecular flexibility index (Phi) is 6.99. The number of aromatic nitrogens is 1. The molecule has 0 radical (unpaired) electrons. The van der Waals surface area contributed by atoms with E-state index in [2.05, 4.69) is 17.2 Å². The van der Waals surface area contributed by atoms with Gasteiger partial charge >= 0.3 is 0 Å². The molecule has 0 saturated heterocycles. The third-order valence-electron chi connectivity index (χ3n) is 4.66. The number of nitrogens with zero attached hydrogens (tertiary/aromatic N) is 1. The number of nitrogens with one attached hydrogen (secondary N) is 2. The van der Waals surface area contributed by atoms with Crippen molar-refractivity contribution < 1.29 is 9.59 Å². The van der Waals surface area contributed by atoms with Gasteiger partial charge in [-0.1, -0.05) is 89.8 Å². The van der Waals surface area contributed by atoms with E-state index in [4.69, 9.17) is 4.98 Å². The van der Waals surface area contributed by atoms with E-state index in [-0.39, 0.29) is 17.6 Å². The van der Waals surface area contributed by atoms with Crippen LogP contribution in [0.25, 0.3) is 22.0 Å². The monoisotopic (exact) mass is 459 g/mol. The predicted octanol–water partition coefficient (Wildman–Crippen LogP) is 5.61. The summed E-state index contributed by atoms with van der Waals surface area (Å²) in [6, 6.07) is 23.3. The zero-order chi connectivity index (χ0) is 22.3. The molecule has 0 unspecified atom stereocenters. The second-order valence-electron chi connectivity index (χ2n) is 6.92. The summed E-state index contributed by atoms with van der Waals surface area (Å²) < 4.78 is 0.714. The summed E-state index contributed by atoms with van der Waals surface area (Å²) >= 11 is 2.71. The van der Waals surface area contributed by atoms with Crippen molar-refractivity contribution in [1.82, 2.24) is 10.3 Å². The maximum atomic E-state index is 13.0. The van der Waals surface area contributed by atoms with E-state index in [0.29, 0.717) is 27.1 Å². The van der Waals surface area contributed by atoms with Crippen molar-refractivity contribution in [2.45, 2.75) is 4.34 Å². The zero-order valence-corrected chi connectivity index (χ0v) is 18.8. The number of anilines is 1. The summed E-state index contributed by atoms with van der Waals surface area (Å²) in [5, 5.41) is 8.52. The summed E-state index contributed by atoms with van der Waals surface area (Å²) in [7, 11) is 0. The number of carbonyl (C=O) groups excluding carboxylic acids is 2. The van der Waals surface area contributed by atoms with Crippen LogP contribution in [0.15, 0.2) is 89.8 Å². The van der Waals surface area contributed by atoms with Crippen molar-refractivity contribution >= 4 is 50.7 Å². The second-order valence-corrected chi connectivity index (χ2v) is 9.14. The molecule has 0 saturated carbocycles. The highest BCUT2D eigenvalue weighted by Crippen LogP contribution is 2.37. The van der Waals surface area contributed by atoms with Gasteiger partial charge in [0.05, 0.1) is 5.75 Å². The van der Waals surface area contributed by atoms with Gasteiger partial charge in [0, 0.05) is 17.7 Å². The number of fused-ring (bicyclic) bond motifs is 1. The first-order chi connectivity index (χ1) is 15.6. The van der Waals surface area contributed by atoms with Crippen LogP contribution in [0, 0.1) is 0 Å². The van der Waals surface area contributed by atoms with Crippen LogP contribution in [-0.4, -0.2) is 29.1 Å². The minimum absolute atomic E-state index is 0.0897. The molecule has 0 aliphatic rings. The van der Waals surface area contributed by atoms with E-state index in [1.165, 1.54) is 23.1 Å². The highest BCUT2D eigenvalue weighted by Gasteiger charge is 2.17. The van der Waals surface area contributed by atoms with E-state index in [0.717, 1.165) is 16.3 Å². The van der Waals surface area contributed by atoms with Crippen molar-refractivity contribution in [2.24, 2.45) is 0 Å². The van der Waals surface area contributed by atoms with Crippen molar-refractivity contribution in [1.29, 1.82) is 0 Å². The van der Waals surface area contributed by atoms with Gasteiger partial charge in [0.1, 0.15) is 10.7 Å². The maximum Gasteiger partial charge on any atom is 0.256 e. The summed E-state index contributed by atoms with van der Waals surface area (Å²) in [5.41, 5.74) is 2.17. The van der Waals surface area contributed by atoms with Crippen LogP contribution in [-0.2, 0) is 4.79 Å². The van der Waals surface area contributed by atoms with Gasteiger partial charge in [0.15, 0.2) is 4.34 Å². The fraction of sp³-hybridized carbons (Fsp3) is 0.0800. The lowest BCUT2D eigenvalue weighted by Crippen LogP contribution is -2.24. The van der Waals surface area contributed by atoms with Crippen LogP contribution >= 0.6 is 23.1 Å². The number of benzene rings is 3. The number of amides is 2. The normalized spacial score (nSPS) is 10.6. The van der Waals surface area contributed by atoms with Gasteiger partial charge < -0.3 is 10.6 Å². The van der Waals surface area contributed by atoms with Crippen molar-refractivity contribution in [3.05, 3.63) is 91.0 Å². The van der Waals surface area contributed by atoms with Crippen molar-refractivity contribution in [2.75, 3.05) is 17.6 Å². The molecule has 4 rings (SSSR count). The molecule has 0 aliphatic carbocycles. The summed E-state index contributed by atoms with van der Waals surface area (Å²) in [6.45, 7) is 4.03. The lowest BCUT2D eigenvalue weighted by Gasteiger charge is -2.06. The van der Waals surface area contributed by atoms with Gasteiger partial charge in [0.2, 0.25) is 5.91 Å². The van der Waals surface area contributed by atoms with Gasteiger partial charge in [-0.2, -0.15) is 0 Å². The quantitative estimate of drug-likeness (QED) is 0.265. The average molecular weight is 460 g/mol. The fourth-order valence-electron chi connectivity index (χ4n) is 3.11. The van der Waals surface area contributed by atoms with Gasteiger partial charge in [-0.15, -0.1) is 6.58 Å². The van der Waals surface area contributed by atoms with Crippen LogP contribution in [0.2, 0.25) is 0 Å². The summed E-state index contributed by atoms with van der Waals surface area (Å²) in [5.74, 6) is -0.0434. The highest BCUT2D eigenvalue weighted by atomic mass is 32.2. The molecule has 2 N–H and O–H groups in total. The second kappa shape index (κ2) is 10.3. The standard InChI is InChI=1S/C25H21N3O2S2/c1-2-14-26-21(29)16-31-25-27-22(18-9-4-3-5-10-18)24(32-25)28-23(30)20-13-12-17-8-6-7-11-19(17)15-20/h2-13,15H,1,14,16H2,(H,26,29)(H,28,30). The molecule has 2 amide bonds. The Balaban J connectivity index is 1.58. The molecule has 5 nitrogen and oxygen atoms in total. The summed E-state index contributed by atoms with van der Waals surface area (Å²) in [4.78, 5) is 29.7. The van der Waals surface area contributed by atoms with Crippen molar-refractivity contribution in [3.8, 4) is 11.3 Å². The Hall–Kier alpha value is -3.42. The number of thioether (sulfide) groups is 1. The van der Waals surface area contributed by atoms with E-state index in [9.17, 15) is 9.59 Å². The molecule has 4 aromatic rings. The molecular formula is C25H21N3O2S2. The first-order valence-electron chi connectivity index (χ1n) is 10.0. The number of hydrogen-bond donors (Lipinski definition) is 2. The van der Waals surface area contributed by atoms with Crippen molar-refractivity contribution in [3.63, 3.8) is 0 Å². The Labute approximate surface area is 194 Å². The molecule has 0 atom stereocenters. The molecule has 0 aliphatic heterocycles. The molecule has 3 aromatic carbocycles. The zero-order valence-electron chi connectivity index (χ0n) is 17.2. The Bertz CT molecular complexity index is 1270. The first kappa shape index (κ1) is 21.8. The van der Waals surface area contributed by atoms with Gasteiger partial charge in [-0.3, -0.25) is 9.59 Å². The fourth-order valence-corrected chi connectivity index (χ4v) is 5.00. The lowest BCUT2D eigenvalue weighted by atomic mass is 10.1. The van der Waals surface area contributed by atoms with Crippen LogP contribution in [0.5, 0.6) is 0 Å². The number of rotatable bonds is 8. The molecule has 1 aromatic heterocycles. The minimum atomic E-state index is -0.197. The van der Waals surface area contributed by atoms with Gasteiger partial charge in [-0.05, 0) is 22.9 Å². The number of carbonyl (C=O) groups is 2. The van der Waals surface area contributed by atoms with Gasteiger partial charge in [-0.25, -0.2) is 4.98 Å². The molecular weight excluding hydrogens is 438 g/mol. The molecule has 160 valence electrons. The predicted molar refractivity (Wildman–Crippen MR) is 133 cm³/mol. The molecule has 7 heteroatoms. The van der Waals surface area contributed by atoms with Crippen LogP contribution in [0.4, 0.5) is 5.00 Å². The smallest absolute Gasteiger partial charge is 0.256 e. The lowest BCUT2D eigenvalue weighted by molar-refractivity contribution is -0.118. The van der Waals surface area contributed by atoms with Crippen LogP contribution in [0.1, 0.15) is 10.4 Å². The number of hydrogen-bond acceptors (Lipinski definition) is 5. The third-order valence-corrected chi connectivity index (χ3v) is 6.78. The van der Waals surface area contributed by atoms with E-state index < -0.39 is 0 Å². The summed E-state index contributed by atoms with van der Waals surface area (Å²) in [6.07, 6.45) is 1.64. The van der Waals surface area contributed by atoms with Crippen LogP contribution in [0.3, 0.4) is 0 Å². The maximum absolute atomic E-state index is 13.0. The van der Waals surface area contributed by atoms with Crippen LogP contribution < -0.4 is 10.6 Å². The van der Waals surface area contributed by atoms with E-state index >= 15 is 0 Å². The molecule has 1 heterocycles. The number of thiazole rings is 1. The largest absolute Gasteiger partial charge is 0.352 e. The molecule has 0 bridgehead atoms. The first-order valence-corrected chi connectivity index (χ1v) is 11.8. The molecule has 0 fully saturated rings.